The highest BCUT2D eigenvalue weighted by Gasteiger charge is 2.16. The number of carbonyl (C=O) groups is 1. The van der Waals surface area contributed by atoms with Crippen molar-refractivity contribution in [2.75, 3.05) is 0 Å². The molecule has 108 valence electrons. The number of aromatic nitrogens is 1. The molecule has 0 bridgehead atoms. The van der Waals surface area contributed by atoms with Crippen LogP contribution in [-0.4, -0.2) is 20.9 Å². The third-order valence-electron chi connectivity index (χ3n) is 3.27. The van der Waals surface area contributed by atoms with Crippen LogP contribution in [0.15, 0.2) is 24.3 Å². The summed E-state index contributed by atoms with van der Waals surface area (Å²) in [6, 6.07) is 7.86. The summed E-state index contributed by atoms with van der Waals surface area (Å²) in [6.45, 7) is 8.62. The quantitative estimate of drug-likeness (QED) is 0.878. The predicted molar refractivity (Wildman–Crippen MR) is 85.7 cm³/mol. The first kappa shape index (κ1) is 15.0. The number of hydrogen-bond donors (Lipinski definition) is 1. The van der Waals surface area contributed by atoms with Crippen LogP contribution in [0.25, 0.3) is 10.9 Å². The fourth-order valence-corrected chi connectivity index (χ4v) is 3.19. The van der Waals surface area contributed by atoms with Crippen molar-refractivity contribution in [2.45, 2.75) is 44.7 Å². The van der Waals surface area contributed by atoms with Crippen LogP contribution < -0.4 is 0 Å². The van der Waals surface area contributed by atoms with Crippen LogP contribution in [0.5, 0.6) is 0 Å². The van der Waals surface area contributed by atoms with E-state index in [1.165, 1.54) is 5.69 Å². The molecule has 0 aliphatic heterocycles. The molecule has 0 saturated carbocycles. The van der Waals surface area contributed by atoms with Crippen molar-refractivity contribution in [3.63, 3.8) is 0 Å². The Bertz CT molecular complexity index is 629. The van der Waals surface area contributed by atoms with Gasteiger partial charge >= 0.3 is 5.97 Å². The summed E-state index contributed by atoms with van der Waals surface area (Å²) in [5, 5.41) is 10.7. The van der Waals surface area contributed by atoms with Gasteiger partial charge in [-0.1, -0.05) is 19.9 Å². The molecule has 0 fully saturated rings. The van der Waals surface area contributed by atoms with E-state index in [1.807, 2.05) is 30.0 Å². The second-order valence-electron chi connectivity index (χ2n) is 5.50. The van der Waals surface area contributed by atoms with E-state index in [0.717, 1.165) is 16.7 Å². The highest BCUT2D eigenvalue weighted by atomic mass is 32.2. The standard InChI is InChI=1S/C16H21NO2S/c1-10(2)17-12(9-20-11(3)4)8-14-13(16(18)19)6-5-7-15(14)17/h5-8,10-11H,9H2,1-4H3,(H,18,19). The van der Waals surface area contributed by atoms with Crippen LogP contribution in [0.3, 0.4) is 0 Å². The van der Waals surface area contributed by atoms with Gasteiger partial charge in [-0.15, -0.1) is 0 Å². The Kier molecular flexibility index (Phi) is 4.43. The van der Waals surface area contributed by atoms with Crippen molar-refractivity contribution in [3.8, 4) is 0 Å². The number of carboxylic acid groups (broad SMARTS) is 1. The van der Waals surface area contributed by atoms with Crippen LogP contribution in [0, 0.1) is 0 Å². The van der Waals surface area contributed by atoms with E-state index in [4.69, 9.17) is 0 Å². The Hall–Kier alpha value is -1.42. The number of rotatable bonds is 5. The third-order valence-corrected chi connectivity index (χ3v) is 4.40. The minimum atomic E-state index is -0.862. The van der Waals surface area contributed by atoms with E-state index in [-0.39, 0.29) is 0 Å². The van der Waals surface area contributed by atoms with Crippen LogP contribution >= 0.6 is 11.8 Å². The average molecular weight is 291 g/mol. The fraction of sp³-hybridized carbons (Fsp3) is 0.438. The van der Waals surface area contributed by atoms with Crippen LogP contribution in [0.2, 0.25) is 0 Å². The Morgan fingerprint density at radius 1 is 1.30 bits per heavy atom. The lowest BCUT2D eigenvalue weighted by atomic mass is 10.1. The molecule has 1 heterocycles. The highest BCUT2D eigenvalue weighted by Crippen LogP contribution is 2.30. The Labute approximate surface area is 124 Å². The number of nitrogens with zero attached hydrogens (tertiary/aromatic N) is 1. The zero-order chi connectivity index (χ0) is 14.9. The Balaban J connectivity index is 2.59. The van der Waals surface area contributed by atoms with Crippen molar-refractivity contribution in [2.24, 2.45) is 0 Å². The van der Waals surface area contributed by atoms with E-state index in [9.17, 15) is 9.90 Å². The summed E-state index contributed by atoms with van der Waals surface area (Å²) in [5.41, 5.74) is 2.60. The topological polar surface area (TPSA) is 42.2 Å². The van der Waals surface area contributed by atoms with Gasteiger partial charge in [0.1, 0.15) is 0 Å². The van der Waals surface area contributed by atoms with Crippen LogP contribution in [0.1, 0.15) is 49.8 Å². The summed E-state index contributed by atoms with van der Waals surface area (Å²) in [5.74, 6) is 0.0448. The monoisotopic (exact) mass is 291 g/mol. The van der Waals surface area contributed by atoms with Crippen LogP contribution in [-0.2, 0) is 5.75 Å². The molecule has 0 aliphatic carbocycles. The second kappa shape index (κ2) is 5.92. The largest absolute Gasteiger partial charge is 0.478 e. The predicted octanol–water partition coefficient (Wildman–Crippen LogP) is 4.56. The smallest absolute Gasteiger partial charge is 0.336 e. The lowest BCUT2D eigenvalue weighted by Crippen LogP contribution is -2.05. The van der Waals surface area contributed by atoms with Gasteiger partial charge in [-0.3, -0.25) is 0 Å². The molecule has 0 atom stereocenters. The zero-order valence-corrected chi connectivity index (χ0v) is 13.2. The number of benzene rings is 1. The van der Waals surface area contributed by atoms with Gasteiger partial charge in [-0.2, -0.15) is 11.8 Å². The van der Waals surface area contributed by atoms with Crippen molar-refractivity contribution in [3.05, 3.63) is 35.5 Å². The van der Waals surface area contributed by atoms with Crippen LogP contribution in [0.4, 0.5) is 0 Å². The number of aromatic carboxylic acids is 1. The van der Waals surface area contributed by atoms with E-state index in [1.54, 1.807) is 6.07 Å². The van der Waals surface area contributed by atoms with Crippen molar-refractivity contribution in [1.82, 2.24) is 4.57 Å². The van der Waals surface area contributed by atoms with Gasteiger partial charge in [0.15, 0.2) is 0 Å². The van der Waals surface area contributed by atoms with E-state index < -0.39 is 5.97 Å². The van der Waals surface area contributed by atoms with E-state index in [0.29, 0.717) is 16.9 Å². The minimum Gasteiger partial charge on any atom is -0.478 e. The Morgan fingerprint density at radius 3 is 2.55 bits per heavy atom. The molecule has 20 heavy (non-hydrogen) atoms. The molecule has 3 nitrogen and oxygen atoms in total. The maximum absolute atomic E-state index is 11.4. The lowest BCUT2D eigenvalue weighted by molar-refractivity contribution is 0.0699. The molecule has 1 aromatic carbocycles. The normalized spacial score (nSPS) is 11.7. The first-order valence-electron chi connectivity index (χ1n) is 6.89. The number of fused-ring (bicyclic) bond motifs is 1. The number of thioether (sulfide) groups is 1. The van der Waals surface area contributed by atoms with E-state index in [2.05, 4.69) is 32.3 Å². The third kappa shape index (κ3) is 2.85. The molecule has 2 aromatic rings. The highest BCUT2D eigenvalue weighted by molar-refractivity contribution is 7.99. The van der Waals surface area contributed by atoms with Gasteiger partial charge in [-0.25, -0.2) is 4.79 Å². The zero-order valence-electron chi connectivity index (χ0n) is 12.4. The molecule has 2 rings (SSSR count). The lowest BCUT2D eigenvalue weighted by Gasteiger charge is -2.15. The molecule has 0 amide bonds. The van der Waals surface area contributed by atoms with Crippen molar-refractivity contribution in [1.29, 1.82) is 0 Å². The SMILES string of the molecule is CC(C)SCc1cc2c(C(=O)O)cccc2n1C(C)C. The van der Waals surface area contributed by atoms with Gasteiger partial charge in [0.25, 0.3) is 0 Å². The van der Waals surface area contributed by atoms with Gasteiger partial charge in [0.2, 0.25) is 0 Å². The fourth-order valence-electron chi connectivity index (χ4n) is 2.47. The van der Waals surface area contributed by atoms with Gasteiger partial charge < -0.3 is 9.67 Å². The van der Waals surface area contributed by atoms with Crippen molar-refractivity contribution < 1.29 is 9.90 Å². The molecule has 4 heteroatoms. The molecule has 1 N–H and O–H groups in total. The minimum absolute atomic E-state index is 0.319. The number of hydrogen-bond acceptors (Lipinski definition) is 2. The number of carboxylic acids is 1. The maximum Gasteiger partial charge on any atom is 0.336 e. The summed E-state index contributed by atoms with van der Waals surface area (Å²) in [6.07, 6.45) is 0. The van der Waals surface area contributed by atoms with E-state index >= 15 is 0 Å². The van der Waals surface area contributed by atoms with Gasteiger partial charge in [-0.05, 0) is 37.3 Å². The first-order chi connectivity index (χ1) is 9.41. The molecule has 1 aromatic heterocycles. The molecular formula is C16H21NO2S. The summed E-state index contributed by atoms with van der Waals surface area (Å²) in [7, 11) is 0. The van der Waals surface area contributed by atoms with Crippen molar-refractivity contribution >= 4 is 28.6 Å². The first-order valence-corrected chi connectivity index (χ1v) is 7.94. The summed E-state index contributed by atoms with van der Waals surface area (Å²) >= 11 is 1.88. The summed E-state index contributed by atoms with van der Waals surface area (Å²) in [4.78, 5) is 11.4. The average Bonchev–Trinajstić information content (AvgIpc) is 2.73. The summed E-state index contributed by atoms with van der Waals surface area (Å²) < 4.78 is 2.25. The second-order valence-corrected chi connectivity index (χ2v) is 7.07. The Morgan fingerprint density at radius 2 is 2.00 bits per heavy atom. The van der Waals surface area contributed by atoms with Gasteiger partial charge in [0, 0.05) is 28.4 Å². The molecule has 0 radical (unpaired) electrons. The molecule has 0 unspecified atom stereocenters. The van der Waals surface area contributed by atoms with Gasteiger partial charge in [0.05, 0.1) is 5.56 Å². The molecule has 0 spiro atoms. The molecular weight excluding hydrogens is 270 g/mol. The molecule has 0 aliphatic rings. The maximum atomic E-state index is 11.4. The molecule has 0 saturated heterocycles.